The Kier molecular flexibility index (Phi) is 4.14. The van der Waals surface area contributed by atoms with Gasteiger partial charge in [-0.3, -0.25) is 4.79 Å². The molecule has 0 aromatic carbocycles. The van der Waals surface area contributed by atoms with Gasteiger partial charge in [0.2, 0.25) is 5.91 Å². The zero-order valence-corrected chi connectivity index (χ0v) is 10.6. The molecule has 1 aliphatic carbocycles. The first-order valence-electron chi connectivity index (χ1n) is 6.19. The van der Waals surface area contributed by atoms with E-state index in [4.69, 9.17) is 4.74 Å². The molecule has 2 aliphatic rings. The average molecular weight is 243 g/mol. The lowest BCUT2D eigenvalue weighted by molar-refractivity contribution is -0.122. The Morgan fingerprint density at radius 2 is 2.31 bits per heavy atom. The Labute approximate surface area is 103 Å². The van der Waals surface area contributed by atoms with Crippen molar-refractivity contribution in [1.82, 2.24) is 5.32 Å². The first-order valence-corrected chi connectivity index (χ1v) is 6.83. The van der Waals surface area contributed by atoms with E-state index in [9.17, 15) is 4.79 Å². The van der Waals surface area contributed by atoms with Crippen molar-refractivity contribution in [3.8, 4) is 0 Å². The summed E-state index contributed by atoms with van der Waals surface area (Å²) >= 11 is 4.30. The number of thiol groups is 1. The van der Waals surface area contributed by atoms with Crippen molar-refractivity contribution in [3.05, 3.63) is 0 Å². The molecule has 92 valence electrons. The van der Waals surface area contributed by atoms with Crippen molar-refractivity contribution >= 4 is 18.5 Å². The van der Waals surface area contributed by atoms with Crippen molar-refractivity contribution in [2.24, 2.45) is 11.3 Å². The number of amides is 1. The second-order valence-corrected chi connectivity index (χ2v) is 5.52. The van der Waals surface area contributed by atoms with Gasteiger partial charge in [0.25, 0.3) is 0 Å². The third kappa shape index (κ3) is 3.39. The maximum atomic E-state index is 11.7. The summed E-state index contributed by atoms with van der Waals surface area (Å²) in [5.41, 5.74) is 0.240. The molecule has 1 N–H and O–H groups in total. The van der Waals surface area contributed by atoms with Crippen molar-refractivity contribution in [3.63, 3.8) is 0 Å². The number of hydrogen-bond donors (Lipinski definition) is 2. The molecular formula is C12H21NO2S. The SMILES string of the molecule is O=C(CC1(CS)CC1)NCCC1CCOC1. The van der Waals surface area contributed by atoms with E-state index < -0.39 is 0 Å². The largest absolute Gasteiger partial charge is 0.381 e. The Hall–Kier alpha value is -0.220. The highest BCUT2D eigenvalue weighted by Gasteiger charge is 2.42. The molecule has 0 bridgehead atoms. The van der Waals surface area contributed by atoms with Gasteiger partial charge in [-0.25, -0.2) is 0 Å². The zero-order valence-electron chi connectivity index (χ0n) is 9.71. The average Bonchev–Trinajstić information content (AvgIpc) is 2.85. The van der Waals surface area contributed by atoms with Gasteiger partial charge in [-0.15, -0.1) is 0 Å². The third-order valence-corrected chi connectivity index (χ3v) is 4.40. The van der Waals surface area contributed by atoms with E-state index >= 15 is 0 Å². The Morgan fingerprint density at radius 3 is 2.88 bits per heavy atom. The summed E-state index contributed by atoms with van der Waals surface area (Å²) in [6.45, 7) is 2.56. The molecule has 16 heavy (non-hydrogen) atoms. The lowest BCUT2D eigenvalue weighted by Crippen LogP contribution is -2.28. The number of carbonyl (C=O) groups is 1. The van der Waals surface area contributed by atoms with Crippen molar-refractivity contribution in [1.29, 1.82) is 0 Å². The van der Waals surface area contributed by atoms with E-state index in [1.54, 1.807) is 0 Å². The van der Waals surface area contributed by atoms with Crippen molar-refractivity contribution in [2.75, 3.05) is 25.5 Å². The highest BCUT2D eigenvalue weighted by atomic mass is 32.1. The smallest absolute Gasteiger partial charge is 0.220 e. The number of rotatable bonds is 6. The number of ether oxygens (including phenoxy) is 1. The number of nitrogens with one attached hydrogen (secondary N) is 1. The molecule has 1 heterocycles. The molecule has 1 unspecified atom stereocenters. The first-order chi connectivity index (χ1) is 7.74. The summed E-state index contributed by atoms with van der Waals surface area (Å²) in [5.74, 6) is 1.70. The summed E-state index contributed by atoms with van der Waals surface area (Å²) in [6.07, 6.45) is 5.20. The van der Waals surface area contributed by atoms with Crippen LogP contribution in [0.15, 0.2) is 0 Å². The summed E-state index contributed by atoms with van der Waals surface area (Å²) in [7, 11) is 0. The standard InChI is InChI=1S/C12H21NO2S/c14-11(7-12(9-16)3-4-12)13-5-1-10-2-6-15-8-10/h10,16H,1-9H2,(H,13,14). The summed E-state index contributed by atoms with van der Waals surface area (Å²) in [5, 5.41) is 3.01. The molecule has 1 saturated carbocycles. The highest BCUT2D eigenvalue weighted by molar-refractivity contribution is 7.80. The Morgan fingerprint density at radius 1 is 1.50 bits per heavy atom. The fourth-order valence-electron chi connectivity index (χ4n) is 2.20. The topological polar surface area (TPSA) is 38.3 Å². The molecule has 1 atom stereocenters. The van der Waals surface area contributed by atoms with Gasteiger partial charge in [0.15, 0.2) is 0 Å². The highest BCUT2D eigenvalue weighted by Crippen LogP contribution is 2.49. The van der Waals surface area contributed by atoms with Gasteiger partial charge in [0.05, 0.1) is 0 Å². The van der Waals surface area contributed by atoms with Crippen LogP contribution in [-0.2, 0) is 9.53 Å². The van der Waals surface area contributed by atoms with Crippen LogP contribution in [0.5, 0.6) is 0 Å². The molecule has 0 radical (unpaired) electrons. The predicted octanol–water partition coefficient (Wildman–Crippen LogP) is 1.63. The van der Waals surface area contributed by atoms with Crippen molar-refractivity contribution < 1.29 is 9.53 Å². The minimum absolute atomic E-state index is 0.200. The predicted molar refractivity (Wildman–Crippen MR) is 66.7 cm³/mol. The summed E-state index contributed by atoms with van der Waals surface area (Å²) in [4.78, 5) is 11.7. The van der Waals surface area contributed by atoms with Crippen LogP contribution >= 0.6 is 12.6 Å². The lowest BCUT2D eigenvalue weighted by atomic mass is 10.0. The fraction of sp³-hybridized carbons (Fsp3) is 0.917. The monoisotopic (exact) mass is 243 g/mol. The zero-order chi connectivity index (χ0) is 11.4. The summed E-state index contributed by atoms with van der Waals surface area (Å²) < 4.78 is 5.30. The molecule has 0 aromatic rings. The molecule has 3 nitrogen and oxygen atoms in total. The lowest BCUT2D eigenvalue weighted by Gasteiger charge is -2.12. The number of carbonyl (C=O) groups excluding carboxylic acids is 1. The van der Waals surface area contributed by atoms with Gasteiger partial charge in [-0.05, 0) is 42.8 Å². The first kappa shape index (κ1) is 12.2. The van der Waals surface area contributed by atoms with E-state index in [-0.39, 0.29) is 11.3 Å². The molecule has 2 fully saturated rings. The molecule has 1 saturated heterocycles. The van der Waals surface area contributed by atoms with Gasteiger partial charge < -0.3 is 10.1 Å². The van der Waals surface area contributed by atoms with Crippen LogP contribution < -0.4 is 5.32 Å². The van der Waals surface area contributed by atoms with E-state index in [2.05, 4.69) is 17.9 Å². The van der Waals surface area contributed by atoms with Crippen LogP contribution in [0.3, 0.4) is 0 Å². The molecule has 0 spiro atoms. The maximum Gasteiger partial charge on any atom is 0.220 e. The summed E-state index contributed by atoms with van der Waals surface area (Å²) in [6, 6.07) is 0. The van der Waals surface area contributed by atoms with Gasteiger partial charge in [-0.1, -0.05) is 0 Å². The molecular weight excluding hydrogens is 222 g/mol. The van der Waals surface area contributed by atoms with Crippen LogP contribution in [0.2, 0.25) is 0 Å². The minimum Gasteiger partial charge on any atom is -0.381 e. The molecule has 4 heteroatoms. The molecule has 2 rings (SSSR count). The second-order valence-electron chi connectivity index (χ2n) is 5.20. The van der Waals surface area contributed by atoms with Crippen LogP contribution in [0, 0.1) is 11.3 Å². The van der Waals surface area contributed by atoms with Crippen LogP contribution in [0.4, 0.5) is 0 Å². The molecule has 1 aliphatic heterocycles. The Balaban J connectivity index is 1.57. The third-order valence-electron chi connectivity index (χ3n) is 3.73. The normalized spacial score (nSPS) is 26.7. The van der Waals surface area contributed by atoms with Crippen LogP contribution in [0.25, 0.3) is 0 Å². The number of hydrogen-bond acceptors (Lipinski definition) is 3. The molecule has 0 aromatic heterocycles. The van der Waals surface area contributed by atoms with Gasteiger partial charge in [0.1, 0.15) is 0 Å². The van der Waals surface area contributed by atoms with Gasteiger partial charge in [-0.2, -0.15) is 12.6 Å². The van der Waals surface area contributed by atoms with Gasteiger partial charge in [0, 0.05) is 26.2 Å². The fourth-order valence-corrected chi connectivity index (χ4v) is 2.63. The Bertz CT molecular complexity index is 247. The quantitative estimate of drug-likeness (QED) is 0.696. The molecule has 1 amide bonds. The second kappa shape index (κ2) is 5.41. The minimum atomic E-state index is 0.200. The maximum absolute atomic E-state index is 11.7. The van der Waals surface area contributed by atoms with Crippen LogP contribution in [0.1, 0.15) is 32.1 Å². The van der Waals surface area contributed by atoms with E-state index in [0.29, 0.717) is 12.3 Å². The van der Waals surface area contributed by atoms with E-state index in [0.717, 1.165) is 38.4 Å². The van der Waals surface area contributed by atoms with Crippen LogP contribution in [-0.4, -0.2) is 31.4 Å². The van der Waals surface area contributed by atoms with E-state index in [1.165, 1.54) is 12.8 Å². The van der Waals surface area contributed by atoms with Gasteiger partial charge >= 0.3 is 0 Å². The van der Waals surface area contributed by atoms with Crippen molar-refractivity contribution in [2.45, 2.75) is 32.1 Å². The van der Waals surface area contributed by atoms with E-state index in [1.807, 2.05) is 0 Å².